The highest BCUT2D eigenvalue weighted by Gasteiger charge is 2.26. The molecular weight excluding hydrogens is 310 g/mol. The Morgan fingerprint density at radius 3 is 2.58 bits per heavy atom. The van der Waals surface area contributed by atoms with Gasteiger partial charge in [0.1, 0.15) is 5.56 Å². The summed E-state index contributed by atoms with van der Waals surface area (Å²) in [4.78, 5) is 31.1. The summed E-state index contributed by atoms with van der Waals surface area (Å²) in [7, 11) is 0. The lowest BCUT2D eigenvalue weighted by Gasteiger charge is -2.34. The van der Waals surface area contributed by atoms with Crippen LogP contribution in [0.2, 0.25) is 0 Å². The third kappa shape index (κ3) is 3.60. The summed E-state index contributed by atoms with van der Waals surface area (Å²) in [5, 5.41) is 11.1. The number of nitrogens with zero attached hydrogens (tertiary/aromatic N) is 5. The molecule has 1 fully saturated rings. The van der Waals surface area contributed by atoms with Crippen molar-refractivity contribution in [2.45, 2.75) is 6.54 Å². The van der Waals surface area contributed by atoms with Crippen LogP contribution in [0.1, 0.15) is 10.4 Å². The number of para-hydroxylation sites is 1. The maximum absolute atomic E-state index is 12.6. The van der Waals surface area contributed by atoms with E-state index in [9.17, 15) is 14.9 Å². The third-order valence-corrected chi connectivity index (χ3v) is 4.22. The van der Waals surface area contributed by atoms with Crippen LogP contribution in [0.15, 0.2) is 43.0 Å². The number of amides is 1. The van der Waals surface area contributed by atoms with Crippen LogP contribution in [0.4, 0.5) is 5.69 Å². The van der Waals surface area contributed by atoms with Gasteiger partial charge >= 0.3 is 0 Å². The summed E-state index contributed by atoms with van der Waals surface area (Å²) in [5.74, 6) is -0.267. The van der Waals surface area contributed by atoms with E-state index >= 15 is 0 Å². The first-order valence-corrected chi connectivity index (χ1v) is 7.86. The molecule has 0 atom stereocenters. The van der Waals surface area contributed by atoms with E-state index in [0.29, 0.717) is 13.1 Å². The van der Waals surface area contributed by atoms with Gasteiger partial charge in [0.25, 0.3) is 11.6 Å². The number of nitro benzene ring substituents is 1. The predicted octanol–water partition coefficient (Wildman–Crippen LogP) is 1.25. The Bertz CT molecular complexity index is 708. The van der Waals surface area contributed by atoms with Crippen molar-refractivity contribution >= 4 is 11.6 Å². The fraction of sp³-hybridized carbons (Fsp3) is 0.375. The fourth-order valence-electron chi connectivity index (χ4n) is 2.83. The number of imidazole rings is 1. The number of piperazine rings is 1. The van der Waals surface area contributed by atoms with E-state index < -0.39 is 4.92 Å². The second-order valence-electron chi connectivity index (χ2n) is 5.71. The fourth-order valence-corrected chi connectivity index (χ4v) is 2.83. The van der Waals surface area contributed by atoms with Crippen LogP contribution in [0.3, 0.4) is 0 Å². The molecule has 24 heavy (non-hydrogen) atoms. The number of hydrogen-bond donors (Lipinski definition) is 0. The SMILES string of the molecule is O=C(c1ccccc1[N+](=O)[O-])N1CCN(CCn2ccnc2)CC1. The summed E-state index contributed by atoms with van der Waals surface area (Å²) < 4.78 is 2.02. The highest BCUT2D eigenvalue weighted by atomic mass is 16.6. The quantitative estimate of drug-likeness (QED) is 0.609. The average Bonchev–Trinajstić information content (AvgIpc) is 3.13. The van der Waals surface area contributed by atoms with Gasteiger partial charge in [0, 0.05) is 57.7 Å². The van der Waals surface area contributed by atoms with Crippen molar-refractivity contribution in [1.82, 2.24) is 19.4 Å². The van der Waals surface area contributed by atoms with Gasteiger partial charge in [-0.05, 0) is 6.07 Å². The first-order valence-electron chi connectivity index (χ1n) is 7.86. The van der Waals surface area contributed by atoms with Gasteiger partial charge in [-0.2, -0.15) is 0 Å². The minimum Gasteiger partial charge on any atom is -0.336 e. The van der Waals surface area contributed by atoms with Crippen LogP contribution in [-0.4, -0.2) is 62.9 Å². The minimum atomic E-state index is -0.505. The number of carbonyl (C=O) groups is 1. The van der Waals surface area contributed by atoms with E-state index in [2.05, 4.69) is 9.88 Å². The molecule has 3 rings (SSSR count). The molecule has 0 N–H and O–H groups in total. The van der Waals surface area contributed by atoms with Gasteiger partial charge in [-0.1, -0.05) is 12.1 Å². The zero-order valence-corrected chi connectivity index (χ0v) is 13.2. The molecule has 0 aliphatic carbocycles. The molecule has 8 heteroatoms. The predicted molar refractivity (Wildman–Crippen MR) is 87.7 cm³/mol. The Labute approximate surface area is 139 Å². The van der Waals surface area contributed by atoms with Gasteiger partial charge in [0.05, 0.1) is 11.3 Å². The monoisotopic (exact) mass is 329 g/mol. The van der Waals surface area contributed by atoms with Crippen LogP contribution in [0.25, 0.3) is 0 Å². The Hall–Kier alpha value is -2.74. The molecule has 2 heterocycles. The summed E-state index contributed by atoms with van der Waals surface area (Å²) in [6.07, 6.45) is 5.46. The van der Waals surface area contributed by atoms with E-state index in [0.717, 1.165) is 26.2 Å². The summed E-state index contributed by atoms with van der Waals surface area (Å²) >= 11 is 0. The number of benzene rings is 1. The topological polar surface area (TPSA) is 84.5 Å². The number of nitro groups is 1. The largest absolute Gasteiger partial charge is 0.336 e. The van der Waals surface area contributed by atoms with E-state index in [-0.39, 0.29) is 17.2 Å². The summed E-state index contributed by atoms with van der Waals surface area (Å²) in [6.45, 7) is 4.44. The Morgan fingerprint density at radius 1 is 1.17 bits per heavy atom. The lowest BCUT2D eigenvalue weighted by atomic mass is 10.1. The maximum atomic E-state index is 12.6. The lowest BCUT2D eigenvalue weighted by Crippen LogP contribution is -2.49. The van der Waals surface area contributed by atoms with Gasteiger partial charge in [0.15, 0.2) is 0 Å². The van der Waals surface area contributed by atoms with Gasteiger partial charge in [0.2, 0.25) is 0 Å². The molecule has 126 valence electrons. The van der Waals surface area contributed by atoms with Crippen molar-refractivity contribution in [2.24, 2.45) is 0 Å². The normalized spacial score (nSPS) is 15.4. The Balaban J connectivity index is 1.56. The Morgan fingerprint density at radius 2 is 1.92 bits per heavy atom. The standard InChI is InChI=1S/C16H19N5O3/c22-16(14-3-1-2-4-15(14)21(23)24)20-11-9-18(10-12-20)7-8-19-6-5-17-13-19/h1-6,13H,7-12H2. The second kappa shape index (κ2) is 7.22. The highest BCUT2D eigenvalue weighted by molar-refractivity contribution is 5.98. The third-order valence-electron chi connectivity index (χ3n) is 4.22. The zero-order valence-electron chi connectivity index (χ0n) is 13.2. The highest BCUT2D eigenvalue weighted by Crippen LogP contribution is 2.20. The number of carbonyl (C=O) groups excluding carboxylic acids is 1. The molecular formula is C16H19N5O3. The van der Waals surface area contributed by atoms with E-state index in [1.807, 2.05) is 10.8 Å². The van der Waals surface area contributed by atoms with Gasteiger partial charge in [-0.15, -0.1) is 0 Å². The molecule has 1 saturated heterocycles. The lowest BCUT2D eigenvalue weighted by molar-refractivity contribution is -0.385. The molecule has 1 aliphatic rings. The zero-order chi connectivity index (χ0) is 16.9. The van der Waals surface area contributed by atoms with E-state index in [1.165, 1.54) is 12.1 Å². The molecule has 1 amide bonds. The van der Waals surface area contributed by atoms with Crippen molar-refractivity contribution in [2.75, 3.05) is 32.7 Å². The van der Waals surface area contributed by atoms with Gasteiger partial charge in [-0.3, -0.25) is 19.8 Å². The first kappa shape index (κ1) is 16.1. The minimum absolute atomic E-state index is 0.134. The molecule has 1 aliphatic heterocycles. The van der Waals surface area contributed by atoms with Crippen molar-refractivity contribution < 1.29 is 9.72 Å². The molecule has 1 aromatic heterocycles. The molecule has 0 unspecified atom stereocenters. The molecule has 0 spiro atoms. The van der Waals surface area contributed by atoms with Crippen molar-refractivity contribution in [1.29, 1.82) is 0 Å². The molecule has 0 radical (unpaired) electrons. The smallest absolute Gasteiger partial charge is 0.282 e. The average molecular weight is 329 g/mol. The first-order chi connectivity index (χ1) is 11.6. The summed E-state index contributed by atoms with van der Waals surface area (Å²) in [6, 6.07) is 6.12. The van der Waals surface area contributed by atoms with Crippen LogP contribution in [0.5, 0.6) is 0 Å². The van der Waals surface area contributed by atoms with Crippen molar-refractivity contribution in [3.63, 3.8) is 0 Å². The second-order valence-corrected chi connectivity index (χ2v) is 5.71. The van der Waals surface area contributed by atoms with Crippen LogP contribution >= 0.6 is 0 Å². The molecule has 0 saturated carbocycles. The van der Waals surface area contributed by atoms with Crippen LogP contribution < -0.4 is 0 Å². The maximum Gasteiger partial charge on any atom is 0.282 e. The van der Waals surface area contributed by atoms with Crippen LogP contribution in [0, 0.1) is 10.1 Å². The van der Waals surface area contributed by atoms with E-state index in [4.69, 9.17) is 0 Å². The molecule has 1 aromatic carbocycles. The Kier molecular flexibility index (Phi) is 4.85. The number of rotatable bonds is 5. The van der Waals surface area contributed by atoms with Gasteiger partial charge < -0.3 is 9.47 Å². The summed E-state index contributed by atoms with van der Waals surface area (Å²) in [5.41, 5.74) is 0.0272. The van der Waals surface area contributed by atoms with Crippen molar-refractivity contribution in [3.8, 4) is 0 Å². The molecule has 2 aromatic rings. The molecule has 0 bridgehead atoms. The van der Waals surface area contributed by atoms with Crippen LogP contribution in [-0.2, 0) is 6.54 Å². The number of hydrogen-bond acceptors (Lipinski definition) is 5. The number of aromatic nitrogens is 2. The van der Waals surface area contributed by atoms with E-state index in [1.54, 1.807) is 29.6 Å². The molecule has 8 nitrogen and oxygen atoms in total. The van der Waals surface area contributed by atoms with Gasteiger partial charge in [-0.25, -0.2) is 4.98 Å². The van der Waals surface area contributed by atoms with Crippen molar-refractivity contribution in [3.05, 3.63) is 58.7 Å².